The molecule has 1 aliphatic rings. The van der Waals surface area contributed by atoms with Crippen molar-refractivity contribution in [2.24, 2.45) is 0 Å². The van der Waals surface area contributed by atoms with Gasteiger partial charge in [0, 0.05) is 16.5 Å². The Morgan fingerprint density at radius 1 is 0.864 bits per heavy atom. The monoisotopic (exact) mass is 295 g/mol. The molecular weight excluding hydrogens is 266 g/mol. The first-order valence-electron chi connectivity index (χ1n) is 8.56. The van der Waals surface area contributed by atoms with Crippen LogP contribution in [0.2, 0.25) is 0 Å². The molecule has 1 aromatic carbocycles. The van der Waals surface area contributed by atoms with Gasteiger partial charge in [-0.3, -0.25) is 4.98 Å². The van der Waals surface area contributed by atoms with E-state index in [2.05, 4.69) is 60.6 Å². The summed E-state index contributed by atoms with van der Waals surface area (Å²) in [6, 6.07) is 4.74. The van der Waals surface area contributed by atoms with E-state index in [4.69, 9.17) is 4.98 Å². The molecule has 1 nitrogen and oxygen atoms in total. The Hall–Kier alpha value is -1.37. The largest absolute Gasteiger partial charge is 0.252 e. The molecule has 0 amide bonds. The van der Waals surface area contributed by atoms with Crippen LogP contribution in [0.3, 0.4) is 0 Å². The smallest absolute Gasteiger partial charge is 0.0743 e. The summed E-state index contributed by atoms with van der Waals surface area (Å²) in [5.74, 6) is 0. The molecule has 1 heteroatoms. The van der Waals surface area contributed by atoms with Gasteiger partial charge >= 0.3 is 0 Å². The maximum Gasteiger partial charge on any atom is 0.0743 e. The molecular formula is C21H29N. The molecule has 1 heterocycles. The minimum atomic E-state index is 0.0879. The first-order valence-corrected chi connectivity index (χ1v) is 8.56. The van der Waals surface area contributed by atoms with Crippen molar-refractivity contribution in [2.75, 3.05) is 0 Å². The van der Waals surface area contributed by atoms with Gasteiger partial charge in [0.05, 0.1) is 5.52 Å². The highest BCUT2D eigenvalue weighted by Gasteiger charge is 2.26. The fourth-order valence-corrected chi connectivity index (χ4v) is 3.68. The number of aromatic nitrogens is 1. The average Bonchev–Trinajstić information content (AvgIpc) is 2.85. The number of rotatable bonds is 0. The van der Waals surface area contributed by atoms with Gasteiger partial charge in [-0.15, -0.1) is 0 Å². The molecule has 1 aromatic heterocycles. The molecule has 22 heavy (non-hydrogen) atoms. The predicted molar refractivity (Wildman–Crippen MR) is 95.9 cm³/mol. The fraction of sp³-hybridized carbons (Fsp3) is 0.571. The molecule has 0 unspecified atom stereocenters. The minimum Gasteiger partial charge on any atom is -0.252 e. The molecule has 0 aliphatic heterocycles. The zero-order valence-corrected chi connectivity index (χ0v) is 15.2. The maximum atomic E-state index is 5.13. The number of hydrogen-bond donors (Lipinski definition) is 0. The van der Waals surface area contributed by atoms with Crippen molar-refractivity contribution in [3.63, 3.8) is 0 Å². The molecule has 0 radical (unpaired) electrons. The summed E-state index contributed by atoms with van der Waals surface area (Å²) in [6.45, 7) is 16.0. The van der Waals surface area contributed by atoms with E-state index in [0.29, 0.717) is 0 Å². The number of fused-ring (bicyclic) bond motifs is 3. The van der Waals surface area contributed by atoms with E-state index >= 15 is 0 Å². The number of benzene rings is 1. The average molecular weight is 295 g/mol. The van der Waals surface area contributed by atoms with Gasteiger partial charge in [0.2, 0.25) is 0 Å². The highest BCUT2D eigenvalue weighted by atomic mass is 14.7. The van der Waals surface area contributed by atoms with Crippen molar-refractivity contribution in [1.82, 2.24) is 4.98 Å². The van der Waals surface area contributed by atoms with Crippen molar-refractivity contribution in [2.45, 2.75) is 78.6 Å². The summed E-state index contributed by atoms with van der Waals surface area (Å²) in [5.41, 5.74) is 8.71. The summed E-state index contributed by atoms with van der Waals surface area (Å²) in [7, 11) is 0. The van der Waals surface area contributed by atoms with E-state index in [0.717, 1.165) is 0 Å². The van der Waals surface area contributed by atoms with Gasteiger partial charge in [-0.2, -0.15) is 0 Å². The van der Waals surface area contributed by atoms with Crippen LogP contribution >= 0.6 is 0 Å². The molecule has 0 N–H and O–H groups in total. The lowest BCUT2D eigenvalue weighted by atomic mass is 9.80. The van der Waals surface area contributed by atoms with Crippen molar-refractivity contribution in [3.8, 4) is 0 Å². The van der Waals surface area contributed by atoms with E-state index in [9.17, 15) is 0 Å². The van der Waals surface area contributed by atoms with Crippen LogP contribution in [-0.4, -0.2) is 4.98 Å². The van der Waals surface area contributed by atoms with Gasteiger partial charge < -0.3 is 0 Å². The van der Waals surface area contributed by atoms with Crippen LogP contribution < -0.4 is 0 Å². The third kappa shape index (κ3) is 2.45. The molecule has 0 saturated carbocycles. The summed E-state index contributed by atoms with van der Waals surface area (Å²) in [4.78, 5) is 5.13. The molecule has 1 aliphatic carbocycles. The van der Waals surface area contributed by atoms with Gasteiger partial charge in [-0.25, -0.2) is 0 Å². The fourth-order valence-electron chi connectivity index (χ4n) is 3.68. The second-order valence-corrected chi connectivity index (χ2v) is 8.96. The van der Waals surface area contributed by atoms with Crippen LogP contribution in [0, 0.1) is 6.92 Å². The van der Waals surface area contributed by atoms with Gasteiger partial charge in [0.1, 0.15) is 0 Å². The highest BCUT2D eigenvalue weighted by Crippen LogP contribution is 2.38. The van der Waals surface area contributed by atoms with E-state index in [-0.39, 0.29) is 10.8 Å². The molecule has 2 aromatic rings. The zero-order chi connectivity index (χ0) is 16.3. The number of aryl methyl sites for hydroxylation is 2. The third-order valence-corrected chi connectivity index (χ3v) is 4.98. The van der Waals surface area contributed by atoms with Gasteiger partial charge in [0.15, 0.2) is 0 Å². The van der Waals surface area contributed by atoms with Gasteiger partial charge in [0.25, 0.3) is 0 Å². The van der Waals surface area contributed by atoms with E-state index in [1.807, 2.05) is 0 Å². The number of hydrogen-bond acceptors (Lipinski definition) is 1. The molecule has 0 spiro atoms. The van der Waals surface area contributed by atoms with Crippen molar-refractivity contribution >= 4 is 10.9 Å². The quantitative estimate of drug-likeness (QED) is 0.614. The predicted octanol–water partition coefficient (Wildman–Crippen LogP) is 5.63. The molecule has 118 valence electrons. The zero-order valence-electron chi connectivity index (χ0n) is 15.2. The van der Waals surface area contributed by atoms with Crippen LogP contribution in [0.25, 0.3) is 10.9 Å². The Labute approximate surface area is 135 Å². The lowest BCUT2D eigenvalue weighted by molar-refractivity contribution is 0.558. The summed E-state index contributed by atoms with van der Waals surface area (Å²) >= 11 is 0. The Balaban J connectivity index is 2.44. The normalized spacial score (nSPS) is 15.4. The first kappa shape index (κ1) is 15.5. The summed E-state index contributed by atoms with van der Waals surface area (Å²) in [6.07, 6.45) is 3.70. The molecule has 0 saturated heterocycles. The van der Waals surface area contributed by atoms with Crippen LogP contribution in [-0.2, 0) is 23.7 Å². The van der Waals surface area contributed by atoms with Crippen molar-refractivity contribution in [3.05, 3.63) is 40.1 Å². The second kappa shape index (κ2) is 4.81. The summed E-state index contributed by atoms with van der Waals surface area (Å²) < 4.78 is 0. The summed E-state index contributed by atoms with van der Waals surface area (Å²) in [5, 5.41) is 1.37. The van der Waals surface area contributed by atoms with Crippen LogP contribution in [0.1, 0.15) is 75.9 Å². The Morgan fingerprint density at radius 2 is 1.50 bits per heavy atom. The van der Waals surface area contributed by atoms with Crippen LogP contribution in [0.15, 0.2) is 12.1 Å². The molecule has 0 fully saturated rings. The van der Waals surface area contributed by atoms with E-state index < -0.39 is 0 Å². The van der Waals surface area contributed by atoms with E-state index in [1.165, 1.54) is 52.5 Å². The maximum absolute atomic E-state index is 5.13. The standard InChI is InChI=1S/C21H29N/c1-13-11-16-17(20(2,3)4)12-18(21(5,6)7)22-19(16)15-10-8-9-14(13)15/h11-12H,8-10H2,1-7H3. The second-order valence-electron chi connectivity index (χ2n) is 8.96. The lowest BCUT2D eigenvalue weighted by Gasteiger charge is -2.27. The van der Waals surface area contributed by atoms with Gasteiger partial charge in [-0.05, 0) is 66.0 Å². The van der Waals surface area contributed by atoms with Crippen LogP contribution in [0.4, 0.5) is 0 Å². The molecule has 0 atom stereocenters. The number of pyridine rings is 1. The van der Waals surface area contributed by atoms with Gasteiger partial charge in [-0.1, -0.05) is 41.5 Å². The van der Waals surface area contributed by atoms with Crippen LogP contribution in [0.5, 0.6) is 0 Å². The highest BCUT2D eigenvalue weighted by molar-refractivity contribution is 5.89. The topological polar surface area (TPSA) is 12.9 Å². The Bertz CT molecular complexity index is 739. The Kier molecular flexibility index (Phi) is 3.39. The van der Waals surface area contributed by atoms with E-state index in [1.54, 1.807) is 5.56 Å². The number of nitrogens with zero attached hydrogens (tertiary/aromatic N) is 1. The third-order valence-electron chi connectivity index (χ3n) is 4.98. The van der Waals surface area contributed by atoms with Crippen molar-refractivity contribution < 1.29 is 0 Å². The first-order chi connectivity index (χ1) is 10.1. The SMILES string of the molecule is Cc1cc2c(C(C)(C)C)cc(C(C)(C)C)nc2c2c1CCC2. The van der Waals surface area contributed by atoms with Crippen molar-refractivity contribution in [1.29, 1.82) is 0 Å². The lowest BCUT2D eigenvalue weighted by Crippen LogP contribution is -2.19. The molecule has 3 rings (SSSR count). The minimum absolute atomic E-state index is 0.0879. The molecule has 0 bridgehead atoms. The Morgan fingerprint density at radius 3 is 2.09 bits per heavy atom.